The molecule has 5 nitrogen and oxygen atoms in total. The number of carbonyl (C=O) groups is 1. The lowest BCUT2D eigenvalue weighted by atomic mass is 10.1. The number of carbonyl (C=O) groups excluding carboxylic acids is 1. The fourth-order valence-electron chi connectivity index (χ4n) is 2.45. The Morgan fingerprint density at radius 2 is 1.58 bits per heavy atom. The first kappa shape index (κ1) is 16.5. The molecular formula is C18H20N2O3S. The van der Waals surface area contributed by atoms with Gasteiger partial charge in [0.05, 0.1) is 10.6 Å². The van der Waals surface area contributed by atoms with E-state index in [-0.39, 0.29) is 16.8 Å². The maximum atomic E-state index is 12.6. The Labute approximate surface area is 142 Å². The Morgan fingerprint density at radius 1 is 1.00 bits per heavy atom. The Kier molecular flexibility index (Phi) is 4.32. The zero-order chi connectivity index (χ0) is 17.3. The van der Waals surface area contributed by atoms with Gasteiger partial charge in [-0.15, -0.1) is 0 Å². The van der Waals surface area contributed by atoms with Crippen molar-refractivity contribution in [3.05, 3.63) is 59.2 Å². The largest absolute Gasteiger partial charge is 0.349 e. The molecule has 0 atom stereocenters. The van der Waals surface area contributed by atoms with E-state index in [1.807, 2.05) is 32.0 Å². The number of rotatable bonds is 5. The summed E-state index contributed by atoms with van der Waals surface area (Å²) in [6.45, 7) is 3.71. The molecule has 0 radical (unpaired) electrons. The van der Waals surface area contributed by atoms with Crippen LogP contribution >= 0.6 is 0 Å². The second-order valence-corrected chi connectivity index (χ2v) is 7.83. The summed E-state index contributed by atoms with van der Waals surface area (Å²) in [7, 11) is -3.69. The number of anilines is 1. The van der Waals surface area contributed by atoms with Gasteiger partial charge in [0, 0.05) is 11.6 Å². The van der Waals surface area contributed by atoms with Crippen LogP contribution in [-0.4, -0.2) is 20.4 Å². The second kappa shape index (κ2) is 6.28. The van der Waals surface area contributed by atoms with Crippen molar-refractivity contribution in [1.82, 2.24) is 5.32 Å². The molecule has 0 spiro atoms. The quantitative estimate of drug-likeness (QED) is 0.875. The lowest BCUT2D eigenvalue weighted by molar-refractivity contribution is 0.0951. The molecule has 2 aromatic carbocycles. The molecule has 0 aromatic heterocycles. The maximum absolute atomic E-state index is 12.6. The molecule has 1 aliphatic rings. The fraction of sp³-hybridized carbons (Fsp3) is 0.278. The first-order valence-electron chi connectivity index (χ1n) is 7.87. The van der Waals surface area contributed by atoms with Crippen LogP contribution in [0.2, 0.25) is 0 Å². The average Bonchev–Trinajstić information content (AvgIpc) is 3.35. The predicted molar refractivity (Wildman–Crippen MR) is 93.7 cm³/mol. The van der Waals surface area contributed by atoms with E-state index >= 15 is 0 Å². The molecular weight excluding hydrogens is 324 g/mol. The molecule has 1 aliphatic carbocycles. The number of hydrogen-bond donors (Lipinski definition) is 2. The smallest absolute Gasteiger partial charge is 0.261 e. The molecule has 0 unspecified atom stereocenters. The van der Waals surface area contributed by atoms with Gasteiger partial charge in [-0.3, -0.25) is 9.52 Å². The predicted octanol–water partition coefficient (Wildman–Crippen LogP) is 3.00. The topological polar surface area (TPSA) is 75.3 Å². The summed E-state index contributed by atoms with van der Waals surface area (Å²) in [6, 6.07) is 11.9. The third kappa shape index (κ3) is 3.59. The first-order chi connectivity index (χ1) is 11.4. The fourth-order valence-corrected chi connectivity index (χ4v) is 3.65. The van der Waals surface area contributed by atoms with E-state index in [9.17, 15) is 13.2 Å². The summed E-state index contributed by atoms with van der Waals surface area (Å²) in [5.41, 5.74) is 2.78. The van der Waals surface area contributed by atoms with Crippen LogP contribution in [0, 0.1) is 13.8 Å². The molecule has 3 rings (SSSR count). The highest BCUT2D eigenvalue weighted by atomic mass is 32.2. The first-order valence-corrected chi connectivity index (χ1v) is 9.35. The van der Waals surface area contributed by atoms with Crippen molar-refractivity contribution in [2.75, 3.05) is 4.72 Å². The number of benzene rings is 2. The summed E-state index contributed by atoms with van der Waals surface area (Å²) in [4.78, 5) is 12.1. The van der Waals surface area contributed by atoms with Gasteiger partial charge in [-0.1, -0.05) is 18.2 Å². The summed E-state index contributed by atoms with van der Waals surface area (Å²) < 4.78 is 27.8. The van der Waals surface area contributed by atoms with Crippen molar-refractivity contribution in [1.29, 1.82) is 0 Å². The van der Waals surface area contributed by atoms with Crippen molar-refractivity contribution in [2.45, 2.75) is 37.6 Å². The minimum atomic E-state index is -3.69. The molecule has 6 heteroatoms. The van der Waals surface area contributed by atoms with Crippen LogP contribution in [0.5, 0.6) is 0 Å². The van der Waals surface area contributed by atoms with Gasteiger partial charge >= 0.3 is 0 Å². The Morgan fingerprint density at radius 3 is 2.12 bits per heavy atom. The summed E-state index contributed by atoms with van der Waals surface area (Å²) in [5.74, 6) is -0.163. The van der Waals surface area contributed by atoms with E-state index in [1.165, 1.54) is 24.3 Å². The Balaban J connectivity index is 1.80. The lowest BCUT2D eigenvalue weighted by Crippen LogP contribution is -2.25. The van der Waals surface area contributed by atoms with Crippen LogP contribution in [0.15, 0.2) is 47.4 Å². The van der Waals surface area contributed by atoms with Gasteiger partial charge in [-0.05, 0) is 62.1 Å². The summed E-state index contributed by atoms with van der Waals surface area (Å²) in [6.07, 6.45) is 2.02. The van der Waals surface area contributed by atoms with Crippen LogP contribution in [-0.2, 0) is 10.0 Å². The summed E-state index contributed by atoms with van der Waals surface area (Å²) >= 11 is 0. The van der Waals surface area contributed by atoms with E-state index in [1.54, 1.807) is 0 Å². The number of hydrogen-bond acceptors (Lipinski definition) is 3. The molecule has 0 bridgehead atoms. The van der Waals surface area contributed by atoms with Crippen LogP contribution in [0.1, 0.15) is 34.3 Å². The van der Waals surface area contributed by atoms with Crippen molar-refractivity contribution < 1.29 is 13.2 Å². The van der Waals surface area contributed by atoms with Gasteiger partial charge in [0.15, 0.2) is 0 Å². The van der Waals surface area contributed by atoms with Crippen LogP contribution in [0.25, 0.3) is 0 Å². The molecule has 126 valence electrons. The Hall–Kier alpha value is -2.34. The third-order valence-electron chi connectivity index (χ3n) is 4.06. The van der Waals surface area contributed by atoms with Crippen LogP contribution in [0.4, 0.5) is 5.69 Å². The van der Waals surface area contributed by atoms with Gasteiger partial charge in [0.1, 0.15) is 0 Å². The van der Waals surface area contributed by atoms with Crippen LogP contribution in [0.3, 0.4) is 0 Å². The van der Waals surface area contributed by atoms with E-state index < -0.39 is 10.0 Å². The Bertz CT molecular complexity index is 849. The molecule has 1 saturated carbocycles. The third-order valence-corrected chi connectivity index (χ3v) is 5.42. The molecule has 2 aromatic rings. The molecule has 2 N–H and O–H groups in total. The van der Waals surface area contributed by atoms with Crippen LogP contribution < -0.4 is 10.0 Å². The highest BCUT2D eigenvalue weighted by molar-refractivity contribution is 7.92. The van der Waals surface area contributed by atoms with Crippen molar-refractivity contribution >= 4 is 21.6 Å². The normalized spacial score (nSPS) is 14.2. The molecule has 1 fully saturated rings. The molecule has 0 saturated heterocycles. The number of sulfonamides is 1. The van der Waals surface area contributed by atoms with Gasteiger partial charge in [-0.25, -0.2) is 8.42 Å². The van der Waals surface area contributed by atoms with Crippen molar-refractivity contribution in [2.24, 2.45) is 0 Å². The number of nitrogens with one attached hydrogen (secondary N) is 2. The van der Waals surface area contributed by atoms with E-state index in [4.69, 9.17) is 0 Å². The van der Waals surface area contributed by atoms with Crippen molar-refractivity contribution in [3.8, 4) is 0 Å². The van der Waals surface area contributed by atoms with Gasteiger partial charge < -0.3 is 5.32 Å². The zero-order valence-corrected chi connectivity index (χ0v) is 14.5. The number of para-hydroxylation sites is 1. The molecule has 0 aliphatic heterocycles. The zero-order valence-electron chi connectivity index (χ0n) is 13.7. The average molecular weight is 344 g/mol. The highest BCUT2D eigenvalue weighted by Gasteiger charge is 2.24. The van der Waals surface area contributed by atoms with Crippen molar-refractivity contribution in [3.63, 3.8) is 0 Å². The number of amides is 1. The second-order valence-electron chi connectivity index (χ2n) is 6.14. The van der Waals surface area contributed by atoms with E-state index in [0.717, 1.165) is 24.0 Å². The standard InChI is InChI=1S/C18H20N2O3S/c1-12-4-3-5-13(2)17(12)20-24(22,23)16-10-6-14(7-11-16)18(21)19-15-8-9-15/h3-7,10-11,15,20H,8-9H2,1-2H3,(H,19,21). The highest BCUT2D eigenvalue weighted by Crippen LogP contribution is 2.24. The van der Waals surface area contributed by atoms with E-state index in [2.05, 4.69) is 10.0 Å². The summed E-state index contributed by atoms with van der Waals surface area (Å²) in [5, 5.41) is 2.88. The molecule has 1 amide bonds. The van der Waals surface area contributed by atoms with E-state index in [0.29, 0.717) is 11.3 Å². The monoisotopic (exact) mass is 344 g/mol. The molecule has 0 heterocycles. The lowest BCUT2D eigenvalue weighted by Gasteiger charge is -2.13. The minimum Gasteiger partial charge on any atom is -0.349 e. The SMILES string of the molecule is Cc1cccc(C)c1NS(=O)(=O)c1ccc(C(=O)NC2CC2)cc1. The van der Waals surface area contributed by atoms with Gasteiger partial charge in [0.2, 0.25) is 0 Å². The van der Waals surface area contributed by atoms with Gasteiger partial charge in [-0.2, -0.15) is 0 Å². The maximum Gasteiger partial charge on any atom is 0.261 e. The minimum absolute atomic E-state index is 0.133. The number of aryl methyl sites for hydroxylation is 2. The van der Waals surface area contributed by atoms with Gasteiger partial charge in [0.25, 0.3) is 15.9 Å². The molecule has 24 heavy (non-hydrogen) atoms.